The second kappa shape index (κ2) is 4.15. The van der Waals surface area contributed by atoms with Crippen molar-refractivity contribution in [1.82, 2.24) is 14.9 Å². The molecule has 0 spiro atoms. The maximum atomic E-state index is 12.2. The number of ether oxygens (including phenoxy) is 1. The van der Waals surface area contributed by atoms with Crippen LogP contribution in [0.5, 0.6) is 0 Å². The molecule has 0 saturated carbocycles. The van der Waals surface area contributed by atoms with Crippen LogP contribution in [0.2, 0.25) is 0 Å². The summed E-state index contributed by atoms with van der Waals surface area (Å²) in [6.07, 6.45) is -0.306. The molecule has 0 radical (unpaired) electrons. The molecule has 2 heterocycles. The number of anilines is 1. The van der Waals surface area contributed by atoms with Crippen molar-refractivity contribution in [3.63, 3.8) is 0 Å². The molecule has 0 unspecified atom stereocenters. The lowest BCUT2D eigenvalue weighted by Gasteiger charge is -2.37. The van der Waals surface area contributed by atoms with Crippen LogP contribution in [0.3, 0.4) is 0 Å². The summed E-state index contributed by atoms with van der Waals surface area (Å²) in [6.45, 7) is 10.7. The molecule has 19 heavy (non-hydrogen) atoms. The van der Waals surface area contributed by atoms with Crippen molar-refractivity contribution in [1.29, 1.82) is 0 Å². The molecule has 1 amide bonds. The Morgan fingerprint density at radius 2 is 2.11 bits per heavy atom. The lowest BCUT2D eigenvalue weighted by atomic mass is 9.84. The van der Waals surface area contributed by atoms with E-state index >= 15 is 0 Å². The van der Waals surface area contributed by atoms with Crippen LogP contribution in [0.15, 0.2) is 0 Å². The number of fused-ring (bicyclic) bond motifs is 1. The van der Waals surface area contributed by atoms with Gasteiger partial charge in [-0.05, 0) is 20.8 Å². The number of carbonyl (C=O) groups excluding carboxylic acids is 1. The lowest BCUT2D eigenvalue weighted by Crippen LogP contribution is -2.47. The Kier molecular flexibility index (Phi) is 2.99. The van der Waals surface area contributed by atoms with E-state index in [0.29, 0.717) is 19.0 Å². The molecular weight excluding hydrogens is 244 g/mol. The first-order valence-electron chi connectivity index (χ1n) is 6.41. The minimum atomic E-state index is -0.492. The number of imidazole rings is 1. The topological polar surface area (TPSA) is 84.2 Å². The number of amides is 1. The fourth-order valence-electron chi connectivity index (χ4n) is 2.36. The van der Waals surface area contributed by atoms with Gasteiger partial charge in [-0.2, -0.15) is 0 Å². The zero-order valence-corrected chi connectivity index (χ0v) is 12.2. The van der Waals surface area contributed by atoms with E-state index in [4.69, 9.17) is 10.5 Å². The summed E-state index contributed by atoms with van der Waals surface area (Å²) in [5.74, 6) is 0.393. The third-order valence-corrected chi connectivity index (χ3v) is 3.02. The molecule has 0 aromatic carbocycles. The minimum Gasteiger partial charge on any atom is -0.444 e. The average molecular weight is 266 g/mol. The molecule has 0 atom stereocenters. The first-order chi connectivity index (χ1) is 8.58. The van der Waals surface area contributed by atoms with Gasteiger partial charge in [-0.1, -0.05) is 13.8 Å². The zero-order chi connectivity index (χ0) is 14.4. The van der Waals surface area contributed by atoms with Gasteiger partial charge in [-0.15, -0.1) is 0 Å². The molecule has 0 fully saturated rings. The van der Waals surface area contributed by atoms with E-state index in [0.717, 1.165) is 11.4 Å². The molecule has 1 aliphatic heterocycles. The Morgan fingerprint density at radius 1 is 1.47 bits per heavy atom. The van der Waals surface area contributed by atoms with E-state index in [9.17, 15) is 4.79 Å². The number of carbonyl (C=O) groups is 1. The number of rotatable bonds is 0. The van der Waals surface area contributed by atoms with Crippen molar-refractivity contribution < 1.29 is 9.53 Å². The third kappa shape index (κ3) is 2.83. The molecule has 0 aliphatic carbocycles. The Morgan fingerprint density at radius 3 is 2.68 bits per heavy atom. The molecule has 2 rings (SSSR count). The molecular formula is C13H22N4O2. The number of nitrogens with two attached hydrogens (primary N) is 1. The van der Waals surface area contributed by atoms with Crippen molar-refractivity contribution in [3.8, 4) is 0 Å². The van der Waals surface area contributed by atoms with E-state index in [1.165, 1.54) is 0 Å². The highest BCUT2D eigenvalue weighted by molar-refractivity contribution is 5.69. The molecule has 1 aromatic rings. The number of aromatic nitrogens is 2. The van der Waals surface area contributed by atoms with Crippen LogP contribution in [-0.2, 0) is 16.7 Å². The normalized spacial score (nSPS) is 18.1. The van der Waals surface area contributed by atoms with Crippen LogP contribution < -0.4 is 5.73 Å². The summed E-state index contributed by atoms with van der Waals surface area (Å²) in [4.78, 5) is 21.2. The molecule has 0 saturated heterocycles. The molecule has 106 valence electrons. The summed E-state index contributed by atoms with van der Waals surface area (Å²) in [5.41, 5.74) is 6.80. The van der Waals surface area contributed by atoms with Gasteiger partial charge in [0.25, 0.3) is 0 Å². The Hall–Kier alpha value is -1.72. The number of aromatic amines is 1. The third-order valence-electron chi connectivity index (χ3n) is 3.02. The fourth-order valence-corrected chi connectivity index (χ4v) is 2.36. The number of nitrogens with one attached hydrogen (secondary N) is 1. The number of hydrogen-bond acceptors (Lipinski definition) is 4. The molecule has 6 nitrogen and oxygen atoms in total. The Labute approximate surface area is 113 Å². The molecule has 3 N–H and O–H groups in total. The zero-order valence-electron chi connectivity index (χ0n) is 12.2. The first-order valence-corrected chi connectivity index (χ1v) is 6.41. The highest BCUT2D eigenvalue weighted by Gasteiger charge is 2.38. The Bertz CT molecular complexity index is 499. The highest BCUT2D eigenvalue weighted by Crippen LogP contribution is 2.32. The molecule has 6 heteroatoms. The van der Waals surface area contributed by atoms with Gasteiger partial charge in [0.2, 0.25) is 0 Å². The van der Waals surface area contributed by atoms with Gasteiger partial charge < -0.3 is 20.4 Å². The number of nitrogens with zero attached hydrogens (tertiary/aromatic N) is 2. The maximum absolute atomic E-state index is 12.2. The first kappa shape index (κ1) is 13.7. The summed E-state index contributed by atoms with van der Waals surface area (Å²) in [7, 11) is 0. The van der Waals surface area contributed by atoms with Crippen LogP contribution >= 0.6 is 0 Å². The second-order valence-corrected chi connectivity index (χ2v) is 6.67. The van der Waals surface area contributed by atoms with Gasteiger partial charge in [0.05, 0.1) is 17.9 Å². The summed E-state index contributed by atoms with van der Waals surface area (Å²) in [6, 6.07) is 0. The van der Waals surface area contributed by atoms with E-state index in [1.54, 1.807) is 4.90 Å². The lowest BCUT2D eigenvalue weighted by molar-refractivity contribution is 0.0169. The van der Waals surface area contributed by atoms with E-state index in [2.05, 4.69) is 9.97 Å². The fraction of sp³-hybridized carbons (Fsp3) is 0.692. The van der Waals surface area contributed by atoms with E-state index in [1.807, 2.05) is 34.6 Å². The average Bonchev–Trinajstić information content (AvgIpc) is 2.56. The summed E-state index contributed by atoms with van der Waals surface area (Å²) >= 11 is 0. The van der Waals surface area contributed by atoms with Crippen molar-refractivity contribution in [2.45, 2.75) is 52.2 Å². The summed E-state index contributed by atoms with van der Waals surface area (Å²) in [5, 5.41) is 0. The molecule has 0 bridgehead atoms. The monoisotopic (exact) mass is 266 g/mol. The van der Waals surface area contributed by atoms with Crippen molar-refractivity contribution in [2.75, 3.05) is 12.3 Å². The predicted molar refractivity (Wildman–Crippen MR) is 72.7 cm³/mol. The molecule has 1 aromatic heterocycles. The van der Waals surface area contributed by atoms with Crippen LogP contribution in [0.25, 0.3) is 0 Å². The van der Waals surface area contributed by atoms with Crippen LogP contribution in [0.1, 0.15) is 46.0 Å². The van der Waals surface area contributed by atoms with Gasteiger partial charge >= 0.3 is 6.09 Å². The molecule has 1 aliphatic rings. The van der Waals surface area contributed by atoms with Gasteiger partial charge in [0.1, 0.15) is 5.60 Å². The quantitative estimate of drug-likeness (QED) is 0.752. The minimum absolute atomic E-state index is 0.237. The van der Waals surface area contributed by atoms with Crippen molar-refractivity contribution >= 4 is 12.0 Å². The number of H-pyrrole nitrogens is 1. The van der Waals surface area contributed by atoms with Crippen molar-refractivity contribution in [3.05, 3.63) is 11.4 Å². The van der Waals surface area contributed by atoms with Crippen molar-refractivity contribution in [2.24, 2.45) is 0 Å². The Balaban J connectivity index is 2.22. The van der Waals surface area contributed by atoms with Gasteiger partial charge in [-0.25, -0.2) is 9.78 Å². The van der Waals surface area contributed by atoms with Crippen LogP contribution in [0, 0.1) is 0 Å². The smallest absolute Gasteiger partial charge is 0.410 e. The summed E-state index contributed by atoms with van der Waals surface area (Å²) < 4.78 is 5.41. The standard InChI is InChI=1S/C13H22N4O2/c1-12(2,3)19-11(18)17-6-8-9(13(4,5)7-17)16-10(14)15-8/h6-7H2,1-5H3,(H3,14,15,16). The number of nitrogen functional groups attached to an aromatic ring is 1. The van der Waals surface area contributed by atoms with Crippen LogP contribution in [0.4, 0.5) is 10.7 Å². The van der Waals surface area contributed by atoms with E-state index < -0.39 is 5.60 Å². The van der Waals surface area contributed by atoms with Gasteiger partial charge in [0, 0.05) is 12.0 Å². The largest absolute Gasteiger partial charge is 0.444 e. The van der Waals surface area contributed by atoms with Crippen LogP contribution in [-0.4, -0.2) is 33.1 Å². The van der Waals surface area contributed by atoms with E-state index in [-0.39, 0.29) is 11.5 Å². The second-order valence-electron chi connectivity index (χ2n) is 6.67. The van der Waals surface area contributed by atoms with Gasteiger partial charge in [0.15, 0.2) is 5.95 Å². The maximum Gasteiger partial charge on any atom is 0.410 e. The number of hydrogen-bond donors (Lipinski definition) is 2. The predicted octanol–water partition coefficient (Wildman–Crippen LogP) is 2.02. The SMILES string of the molecule is CC(C)(C)OC(=O)N1Cc2[nH]c(N)nc2C(C)(C)C1. The highest BCUT2D eigenvalue weighted by atomic mass is 16.6. The van der Waals surface area contributed by atoms with Gasteiger partial charge in [-0.3, -0.25) is 0 Å².